The van der Waals surface area contributed by atoms with Crippen LogP contribution in [0.25, 0.3) is 0 Å². The summed E-state index contributed by atoms with van der Waals surface area (Å²) in [5.41, 5.74) is -0.195. The number of hydrogen-bond donors (Lipinski definition) is 2. The smallest absolute Gasteiger partial charge is 0.356 e. The number of carboxylic acid groups (broad SMARTS) is 1. The number of halogens is 2. The summed E-state index contributed by atoms with van der Waals surface area (Å²) in [6.45, 7) is 0. The van der Waals surface area contributed by atoms with Crippen LogP contribution in [-0.2, 0) is 0 Å². The van der Waals surface area contributed by atoms with E-state index in [0.29, 0.717) is 4.90 Å². The van der Waals surface area contributed by atoms with Gasteiger partial charge in [0.05, 0.1) is 0 Å². The van der Waals surface area contributed by atoms with Crippen molar-refractivity contribution in [3.8, 4) is 0 Å². The fourth-order valence-corrected chi connectivity index (χ4v) is 1.92. The number of aromatic nitrogens is 3. The summed E-state index contributed by atoms with van der Waals surface area (Å²) in [5, 5.41) is 17.9. The maximum Gasteiger partial charge on any atom is 0.356 e. The zero-order valence-corrected chi connectivity index (χ0v) is 8.96. The SMILES string of the molecule is O=C(O)c1[nH]nnc1Sc1ccc(F)c(F)c1. The van der Waals surface area contributed by atoms with Crippen LogP contribution in [0.4, 0.5) is 8.78 Å². The highest BCUT2D eigenvalue weighted by Gasteiger charge is 2.16. The van der Waals surface area contributed by atoms with E-state index in [1.807, 2.05) is 0 Å². The van der Waals surface area contributed by atoms with E-state index < -0.39 is 17.6 Å². The first kappa shape index (κ1) is 11.5. The number of nitrogens with one attached hydrogen (secondary N) is 1. The zero-order valence-electron chi connectivity index (χ0n) is 8.15. The molecule has 0 saturated heterocycles. The Balaban J connectivity index is 2.28. The Bertz CT molecular complexity index is 573. The van der Waals surface area contributed by atoms with Crippen molar-refractivity contribution >= 4 is 17.7 Å². The number of carboxylic acids is 1. The molecule has 88 valence electrons. The van der Waals surface area contributed by atoms with Crippen LogP contribution in [0, 0.1) is 11.6 Å². The van der Waals surface area contributed by atoms with Crippen LogP contribution in [-0.4, -0.2) is 26.5 Å². The molecule has 2 rings (SSSR count). The Kier molecular flexibility index (Phi) is 3.05. The van der Waals surface area contributed by atoms with Crippen molar-refractivity contribution in [1.82, 2.24) is 15.4 Å². The Morgan fingerprint density at radius 2 is 2.12 bits per heavy atom. The highest BCUT2D eigenvalue weighted by Crippen LogP contribution is 2.28. The van der Waals surface area contributed by atoms with Gasteiger partial charge in [0, 0.05) is 4.90 Å². The lowest BCUT2D eigenvalue weighted by atomic mass is 10.3. The molecule has 0 saturated carbocycles. The molecule has 0 aliphatic carbocycles. The van der Waals surface area contributed by atoms with Crippen LogP contribution in [0.15, 0.2) is 28.1 Å². The number of aromatic amines is 1. The van der Waals surface area contributed by atoms with Gasteiger partial charge in [-0.15, -0.1) is 5.10 Å². The summed E-state index contributed by atoms with van der Waals surface area (Å²) in [5.74, 6) is -3.19. The van der Waals surface area contributed by atoms with Gasteiger partial charge in [-0.05, 0) is 18.2 Å². The number of hydrogen-bond acceptors (Lipinski definition) is 4. The molecule has 8 heteroatoms. The molecule has 17 heavy (non-hydrogen) atoms. The molecule has 2 aromatic rings. The molecule has 0 spiro atoms. The lowest BCUT2D eigenvalue weighted by Crippen LogP contribution is -1.98. The van der Waals surface area contributed by atoms with Gasteiger partial charge in [-0.1, -0.05) is 17.0 Å². The van der Waals surface area contributed by atoms with Crippen LogP contribution < -0.4 is 0 Å². The molecular weight excluding hydrogens is 252 g/mol. The van der Waals surface area contributed by atoms with Gasteiger partial charge in [0.2, 0.25) is 0 Å². The van der Waals surface area contributed by atoms with Crippen molar-refractivity contribution in [1.29, 1.82) is 0 Å². The van der Waals surface area contributed by atoms with Crippen LogP contribution in [0.3, 0.4) is 0 Å². The topological polar surface area (TPSA) is 78.9 Å². The van der Waals surface area contributed by atoms with E-state index in [0.717, 1.165) is 23.9 Å². The molecule has 0 aliphatic rings. The molecule has 2 N–H and O–H groups in total. The van der Waals surface area contributed by atoms with Crippen molar-refractivity contribution in [2.75, 3.05) is 0 Å². The van der Waals surface area contributed by atoms with Gasteiger partial charge in [0.15, 0.2) is 22.4 Å². The quantitative estimate of drug-likeness (QED) is 0.878. The molecule has 0 atom stereocenters. The number of benzene rings is 1. The normalized spacial score (nSPS) is 10.5. The minimum absolute atomic E-state index is 0.0866. The van der Waals surface area contributed by atoms with E-state index in [2.05, 4.69) is 15.4 Å². The van der Waals surface area contributed by atoms with E-state index in [1.54, 1.807) is 0 Å². The van der Waals surface area contributed by atoms with Crippen LogP contribution >= 0.6 is 11.8 Å². The molecule has 1 aromatic heterocycles. The van der Waals surface area contributed by atoms with Gasteiger partial charge < -0.3 is 5.11 Å². The third-order valence-electron chi connectivity index (χ3n) is 1.84. The number of carbonyl (C=O) groups is 1. The second-order valence-corrected chi connectivity index (χ2v) is 4.04. The first-order valence-electron chi connectivity index (χ1n) is 4.35. The van der Waals surface area contributed by atoms with Gasteiger partial charge in [0.25, 0.3) is 0 Å². The molecule has 0 amide bonds. The van der Waals surface area contributed by atoms with E-state index in [-0.39, 0.29) is 10.7 Å². The molecular formula is C9H5F2N3O2S. The van der Waals surface area contributed by atoms with Gasteiger partial charge in [-0.2, -0.15) is 0 Å². The first-order valence-corrected chi connectivity index (χ1v) is 5.17. The van der Waals surface area contributed by atoms with Gasteiger partial charge in [-0.3, -0.25) is 5.10 Å². The number of H-pyrrole nitrogens is 1. The van der Waals surface area contributed by atoms with Crippen LogP contribution in [0.1, 0.15) is 10.5 Å². The zero-order chi connectivity index (χ0) is 12.4. The maximum absolute atomic E-state index is 12.9. The summed E-state index contributed by atoms with van der Waals surface area (Å²) < 4.78 is 25.6. The predicted octanol–water partition coefficient (Wildman–Crippen LogP) is 1.93. The lowest BCUT2D eigenvalue weighted by Gasteiger charge is -1.99. The average molecular weight is 257 g/mol. The summed E-state index contributed by atoms with van der Waals surface area (Å²) >= 11 is 0.880. The van der Waals surface area contributed by atoms with Crippen molar-refractivity contribution in [3.05, 3.63) is 35.5 Å². The summed E-state index contributed by atoms with van der Waals surface area (Å²) in [6.07, 6.45) is 0. The van der Waals surface area contributed by atoms with Gasteiger partial charge in [0.1, 0.15) is 0 Å². The van der Waals surface area contributed by atoms with Crippen LogP contribution in [0.2, 0.25) is 0 Å². The summed E-state index contributed by atoms with van der Waals surface area (Å²) in [7, 11) is 0. The monoisotopic (exact) mass is 257 g/mol. The van der Waals surface area contributed by atoms with Crippen molar-refractivity contribution in [2.24, 2.45) is 0 Å². The van der Waals surface area contributed by atoms with Crippen LogP contribution in [0.5, 0.6) is 0 Å². The second kappa shape index (κ2) is 4.50. The minimum Gasteiger partial charge on any atom is -0.476 e. The summed E-state index contributed by atoms with van der Waals surface area (Å²) in [6, 6.07) is 3.24. The Labute approximate surface area is 97.8 Å². The standard InChI is InChI=1S/C9H5F2N3O2S/c10-5-2-1-4(3-6(5)11)17-8-7(9(15)16)12-14-13-8/h1-3H,(H,15,16)(H,12,13,14). The summed E-state index contributed by atoms with van der Waals surface area (Å²) in [4.78, 5) is 11.1. The van der Waals surface area contributed by atoms with Crippen molar-refractivity contribution in [2.45, 2.75) is 9.92 Å². The molecule has 0 unspecified atom stereocenters. The molecule has 5 nitrogen and oxygen atoms in total. The van der Waals surface area contributed by atoms with E-state index in [9.17, 15) is 13.6 Å². The third kappa shape index (κ3) is 2.41. The van der Waals surface area contributed by atoms with Crippen molar-refractivity contribution in [3.63, 3.8) is 0 Å². The molecule has 0 radical (unpaired) electrons. The lowest BCUT2D eigenvalue weighted by molar-refractivity contribution is 0.0686. The Hall–Kier alpha value is -1.96. The van der Waals surface area contributed by atoms with E-state index in [4.69, 9.17) is 5.11 Å². The number of aromatic carboxylic acids is 1. The highest BCUT2D eigenvalue weighted by atomic mass is 32.2. The Morgan fingerprint density at radius 3 is 2.76 bits per heavy atom. The average Bonchev–Trinajstić information content (AvgIpc) is 2.72. The van der Waals surface area contributed by atoms with E-state index in [1.165, 1.54) is 6.07 Å². The largest absolute Gasteiger partial charge is 0.476 e. The molecule has 0 bridgehead atoms. The Morgan fingerprint density at radius 1 is 1.35 bits per heavy atom. The minimum atomic E-state index is -1.22. The number of nitrogens with zero attached hydrogens (tertiary/aromatic N) is 2. The predicted molar refractivity (Wildman–Crippen MR) is 53.8 cm³/mol. The van der Waals surface area contributed by atoms with Gasteiger partial charge in [-0.25, -0.2) is 13.6 Å². The fourth-order valence-electron chi connectivity index (χ4n) is 1.08. The molecule has 0 fully saturated rings. The van der Waals surface area contributed by atoms with Gasteiger partial charge >= 0.3 is 5.97 Å². The second-order valence-electron chi connectivity index (χ2n) is 2.98. The van der Waals surface area contributed by atoms with Crippen molar-refractivity contribution < 1.29 is 18.7 Å². The molecule has 1 aromatic carbocycles. The first-order chi connectivity index (χ1) is 8.08. The molecule has 1 heterocycles. The highest BCUT2D eigenvalue weighted by molar-refractivity contribution is 7.99. The molecule has 0 aliphatic heterocycles. The maximum atomic E-state index is 12.9. The van der Waals surface area contributed by atoms with E-state index >= 15 is 0 Å². The fraction of sp³-hybridized carbons (Fsp3) is 0. The number of rotatable bonds is 3. The third-order valence-corrected chi connectivity index (χ3v) is 2.80.